The van der Waals surface area contributed by atoms with Crippen LogP contribution in [0.4, 0.5) is 0 Å². The number of carbonyl (C=O) groups is 1. The maximum Gasteiger partial charge on any atom is 0.306 e. The van der Waals surface area contributed by atoms with Gasteiger partial charge >= 0.3 is 5.97 Å². The molecule has 112 valence electrons. The Morgan fingerprint density at radius 3 is 2.16 bits per heavy atom. The molecule has 19 heavy (non-hydrogen) atoms. The summed E-state index contributed by atoms with van der Waals surface area (Å²) in [4.78, 5) is 10.9. The minimum atomic E-state index is -3.47. The molecule has 0 radical (unpaired) electrons. The van der Waals surface area contributed by atoms with Crippen molar-refractivity contribution in [1.29, 1.82) is 0 Å². The Balaban J connectivity index is 2.67. The molecule has 1 saturated heterocycles. The van der Waals surface area contributed by atoms with Crippen molar-refractivity contribution in [2.24, 2.45) is 11.3 Å². The predicted octanol–water partition coefficient (Wildman–Crippen LogP) is 1.01. The van der Waals surface area contributed by atoms with Crippen molar-refractivity contribution in [1.82, 2.24) is 8.61 Å². The molecule has 1 aliphatic rings. The lowest BCUT2D eigenvalue weighted by Gasteiger charge is -2.34. The fourth-order valence-corrected chi connectivity index (χ4v) is 3.90. The molecule has 0 aromatic rings. The zero-order valence-corrected chi connectivity index (χ0v) is 12.9. The first-order valence-corrected chi connectivity index (χ1v) is 7.88. The van der Waals surface area contributed by atoms with Crippen LogP contribution in [0.25, 0.3) is 0 Å². The van der Waals surface area contributed by atoms with Crippen LogP contribution < -0.4 is 0 Å². The van der Waals surface area contributed by atoms with Gasteiger partial charge < -0.3 is 5.11 Å². The predicted molar refractivity (Wildman–Crippen MR) is 72.9 cm³/mol. The van der Waals surface area contributed by atoms with Crippen molar-refractivity contribution in [2.75, 3.05) is 26.7 Å². The summed E-state index contributed by atoms with van der Waals surface area (Å²) < 4.78 is 27.4. The van der Waals surface area contributed by atoms with E-state index in [4.69, 9.17) is 5.11 Å². The molecule has 1 heterocycles. The molecule has 0 aliphatic carbocycles. The topological polar surface area (TPSA) is 77.9 Å². The highest BCUT2D eigenvalue weighted by Crippen LogP contribution is 2.23. The number of aliphatic carboxylic acids is 1. The van der Waals surface area contributed by atoms with Gasteiger partial charge in [-0.2, -0.15) is 17.0 Å². The van der Waals surface area contributed by atoms with E-state index >= 15 is 0 Å². The van der Waals surface area contributed by atoms with Gasteiger partial charge in [0.05, 0.1) is 5.92 Å². The van der Waals surface area contributed by atoms with Gasteiger partial charge in [0.1, 0.15) is 0 Å². The average molecular weight is 292 g/mol. The van der Waals surface area contributed by atoms with Gasteiger partial charge in [-0.05, 0) is 18.3 Å². The van der Waals surface area contributed by atoms with Crippen LogP contribution in [0.5, 0.6) is 0 Å². The second-order valence-electron chi connectivity index (χ2n) is 6.34. The van der Waals surface area contributed by atoms with Crippen molar-refractivity contribution >= 4 is 16.2 Å². The second-order valence-corrected chi connectivity index (χ2v) is 8.37. The Morgan fingerprint density at radius 1 is 1.32 bits per heavy atom. The molecule has 0 atom stereocenters. The molecular formula is C12H24N2O4S. The second kappa shape index (κ2) is 5.76. The van der Waals surface area contributed by atoms with Crippen molar-refractivity contribution in [3.05, 3.63) is 0 Å². The molecular weight excluding hydrogens is 268 g/mol. The van der Waals surface area contributed by atoms with Crippen molar-refractivity contribution in [3.63, 3.8) is 0 Å². The molecule has 0 saturated carbocycles. The first kappa shape index (κ1) is 16.4. The van der Waals surface area contributed by atoms with E-state index in [1.54, 1.807) is 7.05 Å². The minimum Gasteiger partial charge on any atom is -0.481 e. The van der Waals surface area contributed by atoms with E-state index in [1.165, 1.54) is 8.61 Å². The van der Waals surface area contributed by atoms with Crippen LogP contribution in [0.1, 0.15) is 33.6 Å². The third kappa shape index (κ3) is 4.43. The highest BCUT2D eigenvalue weighted by Gasteiger charge is 2.34. The highest BCUT2D eigenvalue weighted by atomic mass is 32.2. The lowest BCUT2D eigenvalue weighted by molar-refractivity contribution is -0.142. The fourth-order valence-electron chi connectivity index (χ4n) is 2.28. The lowest BCUT2D eigenvalue weighted by atomic mass is 9.97. The molecule has 0 aromatic heterocycles. The summed E-state index contributed by atoms with van der Waals surface area (Å²) in [7, 11) is -1.90. The summed E-state index contributed by atoms with van der Waals surface area (Å²) in [5, 5.41) is 8.91. The minimum absolute atomic E-state index is 0.110. The van der Waals surface area contributed by atoms with Gasteiger partial charge in [0.2, 0.25) is 0 Å². The standard InChI is InChI=1S/C12H24N2O4S/c1-12(2,3)9-13(4)19(17,18)14-7-5-10(6-8-14)11(15)16/h10H,5-9H2,1-4H3,(H,15,16). The lowest BCUT2D eigenvalue weighted by Crippen LogP contribution is -2.48. The number of rotatable bonds is 4. The van der Waals surface area contributed by atoms with Gasteiger partial charge in [0, 0.05) is 26.7 Å². The quantitative estimate of drug-likeness (QED) is 0.838. The van der Waals surface area contributed by atoms with Crippen LogP contribution in [0.2, 0.25) is 0 Å². The van der Waals surface area contributed by atoms with Gasteiger partial charge in [-0.15, -0.1) is 0 Å². The maximum absolute atomic E-state index is 12.3. The number of carboxylic acids is 1. The van der Waals surface area contributed by atoms with Gasteiger partial charge in [-0.1, -0.05) is 20.8 Å². The van der Waals surface area contributed by atoms with Crippen molar-refractivity contribution < 1.29 is 18.3 Å². The SMILES string of the molecule is CN(CC(C)(C)C)S(=O)(=O)N1CCC(C(=O)O)CC1. The van der Waals surface area contributed by atoms with Gasteiger partial charge in [-0.25, -0.2) is 0 Å². The van der Waals surface area contributed by atoms with Crippen LogP contribution in [0.3, 0.4) is 0 Å². The van der Waals surface area contributed by atoms with E-state index in [1.807, 2.05) is 20.8 Å². The summed E-state index contributed by atoms with van der Waals surface area (Å²) in [6, 6.07) is 0. The molecule has 0 bridgehead atoms. The Kier molecular flexibility index (Phi) is 4.97. The number of nitrogens with zero attached hydrogens (tertiary/aromatic N) is 2. The number of hydrogen-bond acceptors (Lipinski definition) is 3. The monoisotopic (exact) mass is 292 g/mol. The van der Waals surface area contributed by atoms with Crippen LogP contribution in [0, 0.1) is 11.3 Å². The van der Waals surface area contributed by atoms with Crippen LogP contribution in [-0.4, -0.2) is 54.8 Å². The molecule has 1 aliphatic heterocycles. The van der Waals surface area contributed by atoms with Crippen molar-refractivity contribution in [3.8, 4) is 0 Å². The zero-order valence-electron chi connectivity index (χ0n) is 12.1. The highest BCUT2D eigenvalue weighted by molar-refractivity contribution is 7.86. The number of piperidine rings is 1. The molecule has 0 aromatic carbocycles. The molecule has 0 spiro atoms. The van der Waals surface area contributed by atoms with E-state index < -0.39 is 22.1 Å². The molecule has 6 nitrogen and oxygen atoms in total. The average Bonchev–Trinajstić information content (AvgIpc) is 2.26. The Hall–Kier alpha value is -0.660. The molecule has 1 rings (SSSR count). The van der Waals surface area contributed by atoms with E-state index in [0.717, 1.165) is 0 Å². The number of carboxylic acid groups (broad SMARTS) is 1. The summed E-state index contributed by atoms with van der Waals surface area (Å²) in [6.45, 7) is 6.96. The van der Waals surface area contributed by atoms with E-state index in [-0.39, 0.29) is 18.5 Å². The maximum atomic E-state index is 12.3. The molecule has 1 N–H and O–H groups in total. The first-order chi connectivity index (χ1) is 8.54. The van der Waals surface area contributed by atoms with Crippen LogP contribution >= 0.6 is 0 Å². The normalized spacial score (nSPS) is 19.8. The zero-order chi connectivity index (χ0) is 14.8. The van der Waals surface area contributed by atoms with E-state index in [2.05, 4.69) is 0 Å². The van der Waals surface area contributed by atoms with Crippen molar-refractivity contribution in [2.45, 2.75) is 33.6 Å². The largest absolute Gasteiger partial charge is 0.481 e. The Labute approximate surface area is 115 Å². The van der Waals surface area contributed by atoms with Gasteiger partial charge in [0.25, 0.3) is 10.2 Å². The molecule has 7 heteroatoms. The smallest absolute Gasteiger partial charge is 0.306 e. The summed E-state index contributed by atoms with van der Waals surface area (Å²) in [5.41, 5.74) is -0.110. The molecule has 1 fully saturated rings. The van der Waals surface area contributed by atoms with Crippen LogP contribution in [0.15, 0.2) is 0 Å². The summed E-state index contributed by atoms with van der Waals surface area (Å²) >= 11 is 0. The third-order valence-corrected chi connectivity index (χ3v) is 5.15. The molecule has 0 unspecified atom stereocenters. The van der Waals surface area contributed by atoms with E-state index in [9.17, 15) is 13.2 Å². The Bertz CT molecular complexity index is 420. The third-order valence-electron chi connectivity index (χ3n) is 3.22. The first-order valence-electron chi connectivity index (χ1n) is 6.48. The van der Waals surface area contributed by atoms with Crippen LogP contribution in [-0.2, 0) is 15.0 Å². The number of hydrogen-bond donors (Lipinski definition) is 1. The van der Waals surface area contributed by atoms with Gasteiger partial charge in [-0.3, -0.25) is 4.79 Å². The summed E-state index contributed by atoms with van der Waals surface area (Å²) in [6.07, 6.45) is 0.774. The Morgan fingerprint density at radius 2 is 1.79 bits per heavy atom. The summed E-state index contributed by atoms with van der Waals surface area (Å²) in [5.74, 6) is -1.25. The van der Waals surface area contributed by atoms with E-state index in [0.29, 0.717) is 19.4 Å². The fraction of sp³-hybridized carbons (Fsp3) is 0.917. The molecule has 0 amide bonds. The van der Waals surface area contributed by atoms with Gasteiger partial charge in [0.15, 0.2) is 0 Å².